The summed E-state index contributed by atoms with van der Waals surface area (Å²) in [7, 11) is 0. The van der Waals surface area contributed by atoms with Gasteiger partial charge in [0.1, 0.15) is 12.2 Å². The summed E-state index contributed by atoms with van der Waals surface area (Å²) in [5, 5.41) is 0. The van der Waals surface area contributed by atoms with Crippen LogP contribution in [-0.2, 0) is 28.5 Å². The van der Waals surface area contributed by atoms with Crippen LogP contribution in [0.5, 0.6) is 0 Å². The number of ether oxygens (including phenoxy) is 4. The van der Waals surface area contributed by atoms with Gasteiger partial charge in [-0.3, -0.25) is 9.59 Å². The van der Waals surface area contributed by atoms with Gasteiger partial charge in [0.25, 0.3) is 0 Å². The third kappa shape index (κ3) is 18.9. The van der Waals surface area contributed by atoms with Crippen LogP contribution in [-0.4, -0.2) is 71.6 Å². The Morgan fingerprint density at radius 2 is 1.04 bits per heavy atom. The Morgan fingerprint density at radius 1 is 0.714 bits per heavy atom. The van der Waals surface area contributed by atoms with E-state index in [1.54, 1.807) is 23.5 Å². The first kappa shape index (κ1) is 27.6. The molecule has 0 fully saturated rings. The second kappa shape index (κ2) is 13.7. The van der Waals surface area contributed by atoms with Crippen molar-refractivity contribution in [2.45, 2.75) is 77.1 Å². The summed E-state index contributed by atoms with van der Waals surface area (Å²) >= 11 is 3.46. The first-order chi connectivity index (χ1) is 12.8. The molecule has 0 aromatic rings. The van der Waals surface area contributed by atoms with Crippen LogP contribution in [0.3, 0.4) is 0 Å². The van der Waals surface area contributed by atoms with E-state index in [0.717, 1.165) is 0 Å². The fraction of sp³-hybridized carbons (Fsp3) is 0.900. The Kier molecular flexibility index (Phi) is 13.5. The van der Waals surface area contributed by atoms with Crippen molar-refractivity contribution in [1.29, 1.82) is 0 Å². The van der Waals surface area contributed by atoms with E-state index < -0.39 is 0 Å². The highest BCUT2D eigenvalue weighted by atomic mass is 32.2. The minimum atomic E-state index is -0.306. The van der Waals surface area contributed by atoms with E-state index in [1.165, 1.54) is 13.8 Å². The molecule has 0 bridgehead atoms. The molecule has 0 aliphatic heterocycles. The highest BCUT2D eigenvalue weighted by molar-refractivity contribution is 8.00. The molecular formula is C20H38O6S2. The average Bonchev–Trinajstić information content (AvgIpc) is 2.50. The maximum atomic E-state index is 11.3. The largest absolute Gasteiger partial charge is 0.459 e. The van der Waals surface area contributed by atoms with Crippen LogP contribution < -0.4 is 0 Å². The summed E-state index contributed by atoms with van der Waals surface area (Å²) in [5.74, 6) is 0.755. The summed E-state index contributed by atoms with van der Waals surface area (Å²) < 4.78 is 22.0. The molecule has 0 heterocycles. The first-order valence-corrected chi connectivity index (χ1v) is 11.5. The fourth-order valence-corrected chi connectivity index (χ4v) is 3.64. The molecule has 0 spiro atoms. The van der Waals surface area contributed by atoms with E-state index in [4.69, 9.17) is 18.9 Å². The van der Waals surface area contributed by atoms with Crippen LogP contribution in [0.25, 0.3) is 0 Å². The van der Waals surface area contributed by atoms with Gasteiger partial charge in [-0.15, -0.1) is 0 Å². The monoisotopic (exact) mass is 438 g/mol. The molecule has 0 saturated heterocycles. The van der Waals surface area contributed by atoms with Crippen LogP contribution >= 0.6 is 23.5 Å². The normalized spacial score (nSPS) is 14.4. The van der Waals surface area contributed by atoms with E-state index in [1.807, 2.05) is 0 Å². The van der Waals surface area contributed by atoms with E-state index in [9.17, 15) is 9.59 Å². The molecule has 0 aromatic carbocycles. The highest BCUT2D eigenvalue weighted by Gasteiger charge is 2.19. The van der Waals surface area contributed by atoms with E-state index in [2.05, 4.69) is 41.5 Å². The zero-order valence-corrected chi connectivity index (χ0v) is 20.3. The third-order valence-electron chi connectivity index (χ3n) is 3.05. The molecule has 8 heteroatoms. The molecule has 166 valence electrons. The zero-order chi connectivity index (χ0) is 21.8. The van der Waals surface area contributed by atoms with Crippen LogP contribution in [0.2, 0.25) is 0 Å². The highest BCUT2D eigenvalue weighted by Crippen LogP contribution is 2.25. The Labute approximate surface area is 179 Å². The summed E-state index contributed by atoms with van der Waals surface area (Å²) in [6, 6.07) is 0. The van der Waals surface area contributed by atoms with Crippen molar-refractivity contribution >= 4 is 35.5 Å². The molecule has 0 aliphatic rings. The third-order valence-corrected chi connectivity index (χ3v) is 5.86. The van der Waals surface area contributed by atoms with Gasteiger partial charge in [0.15, 0.2) is 0 Å². The van der Waals surface area contributed by atoms with Crippen molar-refractivity contribution in [1.82, 2.24) is 0 Å². The predicted octanol–water partition coefficient (Wildman–Crippen LogP) is 3.95. The first-order valence-electron chi connectivity index (χ1n) is 9.56. The standard InChI is InChI=1S/C20H38O6S2/c1-15(21)25-17(13-27-19(3,4)5)11-23-9-10-24-12-18(26-16(2)22)14-28-20(6,7)8/h17-18H,9-14H2,1-8H3/t17-,18-/m1/s1. The van der Waals surface area contributed by atoms with Gasteiger partial charge in [0.05, 0.1) is 26.4 Å². The number of rotatable bonds is 13. The van der Waals surface area contributed by atoms with Gasteiger partial charge >= 0.3 is 11.9 Å². The zero-order valence-electron chi connectivity index (χ0n) is 18.7. The Hall–Kier alpha value is -0.440. The van der Waals surface area contributed by atoms with Crippen LogP contribution in [0, 0.1) is 0 Å². The van der Waals surface area contributed by atoms with E-state index in [-0.39, 0.29) is 33.6 Å². The molecule has 0 saturated carbocycles. The van der Waals surface area contributed by atoms with Gasteiger partial charge in [-0.2, -0.15) is 23.5 Å². The van der Waals surface area contributed by atoms with E-state index >= 15 is 0 Å². The quantitative estimate of drug-likeness (QED) is 0.316. The van der Waals surface area contributed by atoms with Crippen molar-refractivity contribution in [3.8, 4) is 0 Å². The minimum Gasteiger partial charge on any atom is -0.459 e. The van der Waals surface area contributed by atoms with Gasteiger partial charge in [-0.1, -0.05) is 41.5 Å². The lowest BCUT2D eigenvalue weighted by Crippen LogP contribution is -2.29. The summed E-state index contributed by atoms with van der Waals surface area (Å²) in [5.41, 5.74) is 0. The summed E-state index contributed by atoms with van der Waals surface area (Å²) in [6.45, 7) is 17.0. The van der Waals surface area contributed by atoms with Gasteiger partial charge in [0.2, 0.25) is 0 Å². The van der Waals surface area contributed by atoms with E-state index in [0.29, 0.717) is 37.9 Å². The number of thioether (sulfide) groups is 2. The second-order valence-corrected chi connectivity index (χ2v) is 12.2. The number of carbonyl (C=O) groups is 2. The molecule has 28 heavy (non-hydrogen) atoms. The Balaban J connectivity index is 4.16. The second-order valence-electron chi connectivity index (χ2n) is 8.46. The van der Waals surface area contributed by atoms with Crippen molar-refractivity contribution in [2.24, 2.45) is 0 Å². The number of carbonyl (C=O) groups excluding carboxylic acids is 2. The van der Waals surface area contributed by atoms with Gasteiger partial charge in [-0.05, 0) is 0 Å². The smallest absolute Gasteiger partial charge is 0.303 e. The Morgan fingerprint density at radius 3 is 1.29 bits per heavy atom. The lowest BCUT2D eigenvalue weighted by atomic mass is 10.3. The SMILES string of the molecule is CC(=O)O[C@H](COCCOC[C@H](CSC(C)(C)C)OC(C)=O)CSC(C)(C)C. The average molecular weight is 439 g/mol. The molecule has 0 aliphatic carbocycles. The van der Waals surface area contributed by atoms with Crippen molar-refractivity contribution in [2.75, 3.05) is 37.9 Å². The lowest BCUT2D eigenvalue weighted by molar-refractivity contribution is -0.150. The molecular weight excluding hydrogens is 400 g/mol. The molecule has 0 amide bonds. The van der Waals surface area contributed by atoms with Crippen molar-refractivity contribution in [3.63, 3.8) is 0 Å². The summed E-state index contributed by atoms with van der Waals surface area (Å²) in [4.78, 5) is 22.5. The minimum absolute atomic E-state index is 0.0955. The molecule has 0 N–H and O–H groups in total. The van der Waals surface area contributed by atoms with Crippen LogP contribution in [0.15, 0.2) is 0 Å². The molecule has 0 rings (SSSR count). The van der Waals surface area contributed by atoms with Crippen molar-refractivity contribution in [3.05, 3.63) is 0 Å². The molecule has 0 aromatic heterocycles. The topological polar surface area (TPSA) is 71.1 Å². The van der Waals surface area contributed by atoms with Crippen LogP contribution in [0.4, 0.5) is 0 Å². The lowest BCUT2D eigenvalue weighted by Gasteiger charge is -2.23. The number of hydrogen-bond donors (Lipinski definition) is 0. The van der Waals surface area contributed by atoms with Crippen molar-refractivity contribution < 1.29 is 28.5 Å². The molecule has 6 nitrogen and oxygen atoms in total. The van der Waals surface area contributed by atoms with Gasteiger partial charge in [-0.25, -0.2) is 0 Å². The molecule has 0 unspecified atom stereocenters. The molecule has 0 radical (unpaired) electrons. The Bertz CT molecular complexity index is 415. The maximum Gasteiger partial charge on any atom is 0.303 e. The summed E-state index contributed by atoms with van der Waals surface area (Å²) in [6.07, 6.45) is -0.558. The molecule has 2 atom stereocenters. The maximum absolute atomic E-state index is 11.3. The fourth-order valence-electron chi connectivity index (χ4n) is 1.94. The van der Waals surface area contributed by atoms with Crippen LogP contribution in [0.1, 0.15) is 55.4 Å². The number of esters is 2. The predicted molar refractivity (Wildman–Crippen MR) is 117 cm³/mol. The van der Waals surface area contributed by atoms with Gasteiger partial charge < -0.3 is 18.9 Å². The number of hydrogen-bond acceptors (Lipinski definition) is 8. The van der Waals surface area contributed by atoms with Gasteiger partial charge in [0, 0.05) is 34.8 Å².